The molecule has 1 aromatic heterocycles. The van der Waals surface area contributed by atoms with E-state index in [4.69, 9.17) is 15.7 Å². The van der Waals surface area contributed by atoms with Crippen LogP contribution in [0.15, 0.2) is 54.6 Å². The number of hydrogen-bond donors (Lipinski definition) is 5. The average Bonchev–Trinajstić information content (AvgIpc) is 3.52. The van der Waals surface area contributed by atoms with E-state index in [0.717, 1.165) is 35.1 Å². The SMILES string of the molecule is NC(=O)NCC1CCCO1.O=C(CCc1ccccc1)Nc1ccc2sc(C(=O)NO)cc2c1. The Kier molecular flexibility index (Phi) is 9.39. The van der Waals surface area contributed by atoms with Crippen LogP contribution in [-0.2, 0) is 16.0 Å². The van der Waals surface area contributed by atoms with Gasteiger partial charge in [-0.25, -0.2) is 10.3 Å². The number of carbonyl (C=O) groups excluding carboxylic acids is 3. The summed E-state index contributed by atoms with van der Waals surface area (Å²) < 4.78 is 6.15. The summed E-state index contributed by atoms with van der Waals surface area (Å²) in [7, 11) is 0. The van der Waals surface area contributed by atoms with Gasteiger partial charge in [0.05, 0.1) is 11.0 Å². The topological polar surface area (TPSA) is 143 Å². The first-order chi connectivity index (χ1) is 16.4. The average molecular weight is 485 g/mol. The second-order valence-electron chi connectivity index (χ2n) is 7.72. The van der Waals surface area contributed by atoms with Crippen LogP contribution < -0.4 is 21.8 Å². The molecule has 0 aliphatic carbocycles. The Balaban J connectivity index is 0.000000271. The van der Waals surface area contributed by atoms with E-state index in [9.17, 15) is 14.4 Å². The molecule has 10 heteroatoms. The number of hydrogen-bond acceptors (Lipinski definition) is 6. The van der Waals surface area contributed by atoms with Crippen molar-refractivity contribution >= 4 is 45.0 Å². The number of urea groups is 1. The molecule has 1 atom stereocenters. The minimum absolute atomic E-state index is 0.0539. The molecular formula is C24H28N4O5S. The van der Waals surface area contributed by atoms with Gasteiger partial charge in [-0.15, -0.1) is 11.3 Å². The Morgan fingerprint density at radius 3 is 2.59 bits per heavy atom. The number of benzene rings is 2. The molecule has 1 unspecified atom stereocenters. The van der Waals surface area contributed by atoms with Crippen LogP contribution in [0.5, 0.6) is 0 Å². The van der Waals surface area contributed by atoms with Crippen molar-refractivity contribution in [3.8, 4) is 0 Å². The highest BCUT2D eigenvalue weighted by Gasteiger charge is 2.15. The predicted octanol–water partition coefficient (Wildman–Crippen LogP) is 3.43. The number of ether oxygens (including phenoxy) is 1. The molecule has 2 aromatic carbocycles. The number of primary amides is 1. The molecule has 2 heterocycles. The van der Waals surface area contributed by atoms with Gasteiger partial charge in [0.15, 0.2) is 0 Å². The lowest BCUT2D eigenvalue weighted by Gasteiger charge is -2.07. The third kappa shape index (κ3) is 7.84. The molecule has 34 heavy (non-hydrogen) atoms. The quantitative estimate of drug-likeness (QED) is 0.258. The third-order valence-corrected chi connectivity index (χ3v) is 6.25. The highest BCUT2D eigenvalue weighted by Crippen LogP contribution is 2.28. The van der Waals surface area contributed by atoms with Gasteiger partial charge >= 0.3 is 6.03 Å². The summed E-state index contributed by atoms with van der Waals surface area (Å²) in [6, 6.07) is 16.5. The van der Waals surface area contributed by atoms with Crippen LogP contribution in [0.4, 0.5) is 10.5 Å². The molecule has 6 N–H and O–H groups in total. The van der Waals surface area contributed by atoms with Crippen LogP contribution in [0.3, 0.4) is 0 Å². The van der Waals surface area contributed by atoms with E-state index < -0.39 is 11.9 Å². The second-order valence-corrected chi connectivity index (χ2v) is 8.80. The van der Waals surface area contributed by atoms with Crippen molar-refractivity contribution in [1.82, 2.24) is 10.8 Å². The van der Waals surface area contributed by atoms with Gasteiger partial charge in [0.25, 0.3) is 5.91 Å². The van der Waals surface area contributed by atoms with Gasteiger partial charge < -0.3 is 21.1 Å². The summed E-state index contributed by atoms with van der Waals surface area (Å²) in [6.07, 6.45) is 3.40. The second kappa shape index (κ2) is 12.7. The fourth-order valence-corrected chi connectivity index (χ4v) is 4.37. The maximum Gasteiger partial charge on any atom is 0.312 e. The Morgan fingerprint density at radius 2 is 1.91 bits per heavy atom. The monoisotopic (exact) mass is 484 g/mol. The molecule has 3 aromatic rings. The molecule has 0 saturated carbocycles. The zero-order valence-electron chi connectivity index (χ0n) is 18.6. The number of aryl methyl sites for hydroxylation is 1. The molecule has 1 fully saturated rings. The van der Waals surface area contributed by atoms with E-state index >= 15 is 0 Å². The van der Waals surface area contributed by atoms with Crippen molar-refractivity contribution in [2.45, 2.75) is 31.8 Å². The number of carbonyl (C=O) groups is 3. The van der Waals surface area contributed by atoms with E-state index in [1.807, 2.05) is 42.5 Å². The highest BCUT2D eigenvalue weighted by atomic mass is 32.1. The molecular weight excluding hydrogens is 456 g/mol. The largest absolute Gasteiger partial charge is 0.376 e. The normalized spacial score (nSPS) is 14.7. The number of anilines is 1. The van der Waals surface area contributed by atoms with Crippen LogP contribution in [0.1, 0.15) is 34.5 Å². The highest BCUT2D eigenvalue weighted by molar-refractivity contribution is 7.20. The maximum absolute atomic E-state index is 12.1. The number of nitrogens with two attached hydrogens (primary N) is 1. The fourth-order valence-electron chi connectivity index (χ4n) is 3.43. The number of thiophene rings is 1. The van der Waals surface area contributed by atoms with E-state index in [0.29, 0.717) is 30.0 Å². The standard InChI is InChI=1S/C18H16N2O3S.C6H12N2O2/c21-17(9-6-12-4-2-1-3-5-12)19-14-7-8-15-13(10-14)11-16(24-15)18(22)20-23;7-6(9)8-4-5-2-1-3-10-5/h1-5,7-8,10-11,23H,6,9H2,(H,19,21)(H,20,22);5H,1-4H2,(H3,7,8,9). The molecule has 0 radical (unpaired) electrons. The Morgan fingerprint density at radius 1 is 1.12 bits per heavy atom. The Hall–Kier alpha value is -3.47. The number of nitrogens with one attached hydrogen (secondary N) is 3. The molecule has 9 nitrogen and oxygen atoms in total. The minimum Gasteiger partial charge on any atom is -0.376 e. The van der Waals surface area contributed by atoms with Crippen LogP contribution in [0.25, 0.3) is 10.1 Å². The summed E-state index contributed by atoms with van der Waals surface area (Å²) in [6.45, 7) is 1.36. The van der Waals surface area contributed by atoms with Crippen molar-refractivity contribution in [2.75, 3.05) is 18.5 Å². The smallest absolute Gasteiger partial charge is 0.312 e. The van der Waals surface area contributed by atoms with Gasteiger partial charge in [0, 0.05) is 30.0 Å². The predicted molar refractivity (Wildman–Crippen MR) is 131 cm³/mol. The lowest BCUT2D eigenvalue weighted by atomic mass is 10.1. The van der Waals surface area contributed by atoms with Crippen molar-refractivity contribution in [3.05, 3.63) is 65.0 Å². The number of amides is 4. The van der Waals surface area contributed by atoms with Gasteiger partial charge in [0.2, 0.25) is 5.91 Å². The number of fused-ring (bicyclic) bond motifs is 1. The minimum atomic E-state index is -0.537. The maximum atomic E-state index is 12.1. The van der Waals surface area contributed by atoms with E-state index in [1.165, 1.54) is 11.3 Å². The molecule has 1 aliphatic rings. The first-order valence-electron chi connectivity index (χ1n) is 10.9. The van der Waals surface area contributed by atoms with Crippen LogP contribution in [0, 0.1) is 0 Å². The van der Waals surface area contributed by atoms with Crippen molar-refractivity contribution in [3.63, 3.8) is 0 Å². The summed E-state index contributed by atoms with van der Waals surface area (Å²) in [5, 5.41) is 14.9. The first-order valence-corrected chi connectivity index (χ1v) is 11.7. The molecule has 180 valence electrons. The molecule has 0 bridgehead atoms. The van der Waals surface area contributed by atoms with Crippen molar-refractivity contribution in [1.29, 1.82) is 0 Å². The van der Waals surface area contributed by atoms with Gasteiger partial charge in [-0.05, 0) is 54.5 Å². The van der Waals surface area contributed by atoms with E-state index in [1.54, 1.807) is 17.6 Å². The summed E-state index contributed by atoms with van der Waals surface area (Å²) in [4.78, 5) is 34.1. The Labute approximate surface area is 201 Å². The number of hydroxylamine groups is 1. The molecule has 4 rings (SSSR count). The Bertz CT molecular complexity index is 1110. The van der Waals surface area contributed by atoms with Gasteiger partial charge in [0.1, 0.15) is 0 Å². The van der Waals surface area contributed by atoms with Crippen LogP contribution in [0.2, 0.25) is 0 Å². The van der Waals surface area contributed by atoms with Gasteiger partial charge in [-0.2, -0.15) is 0 Å². The lowest BCUT2D eigenvalue weighted by molar-refractivity contribution is -0.116. The molecule has 1 aliphatic heterocycles. The van der Waals surface area contributed by atoms with Crippen molar-refractivity contribution in [2.24, 2.45) is 5.73 Å². The fraction of sp³-hybridized carbons (Fsp3) is 0.292. The van der Waals surface area contributed by atoms with Crippen LogP contribution >= 0.6 is 11.3 Å². The zero-order chi connectivity index (χ0) is 24.3. The van der Waals surface area contributed by atoms with E-state index in [2.05, 4.69) is 10.6 Å². The van der Waals surface area contributed by atoms with Gasteiger partial charge in [-0.3, -0.25) is 14.8 Å². The van der Waals surface area contributed by atoms with Gasteiger partial charge in [-0.1, -0.05) is 30.3 Å². The summed E-state index contributed by atoms with van der Waals surface area (Å²) in [5.74, 6) is -0.591. The molecule has 4 amide bonds. The molecule has 0 spiro atoms. The summed E-state index contributed by atoms with van der Waals surface area (Å²) >= 11 is 1.28. The summed E-state index contributed by atoms with van der Waals surface area (Å²) in [5.41, 5.74) is 8.30. The first kappa shape index (κ1) is 25.2. The zero-order valence-corrected chi connectivity index (χ0v) is 19.4. The third-order valence-electron chi connectivity index (χ3n) is 5.14. The lowest BCUT2D eigenvalue weighted by Crippen LogP contribution is -2.35. The van der Waals surface area contributed by atoms with Crippen LogP contribution in [-0.4, -0.2) is 42.3 Å². The van der Waals surface area contributed by atoms with Crippen molar-refractivity contribution < 1.29 is 24.3 Å². The van der Waals surface area contributed by atoms with E-state index in [-0.39, 0.29) is 12.0 Å². The molecule has 1 saturated heterocycles. The number of rotatable bonds is 7.